The third kappa shape index (κ3) is 3.81. The van der Waals surface area contributed by atoms with Crippen LogP contribution in [0.5, 0.6) is 0 Å². The van der Waals surface area contributed by atoms with Gasteiger partial charge in [0.05, 0.1) is 18.9 Å². The van der Waals surface area contributed by atoms with Gasteiger partial charge in [-0.25, -0.2) is 0 Å². The number of amides is 1. The summed E-state index contributed by atoms with van der Waals surface area (Å²) in [6, 6.07) is 0.400. The van der Waals surface area contributed by atoms with Crippen molar-refractivity contribution in [3.63, 3.8) is 0 Å². The molecule has 0 saturated carbocycles. The Morgan fingerprint density at radius 3 is 2.37 bits per heavy atom. The van der Waals surface area contributed by atoms with Crippen LogP contribution < -0.4 is 11.1 Å². The summed E-state index contributed by atoms with van der Waals surface area (Å²) < 4.78 is 4.54. The number of halogens is 1. The fraction of sp³-hybridized carbons (Fsp3) is 0.538. The third-order valence-corrected chi connectivity index (χ3v) is 3.37. The maximum atomic E-state index is 10.8. The van der Waals surface area contributed by atoms with Crippen molar-refractivity contribution in [1.29, 1.82) is 0 Å². The fourth-order valence-electron chi connectivity index (χ4n) is 2.34. The molecule has 3 N–H and O–H groups in total. The highest BCUT2D eigenvalue weighted by Crippen LogP contribution is 2.23. The monoisotopic (exact) mass is 286 g/mol. The van der Waals surface area contributed by atoms with Crippen LogP contribution in [0.25, 0.3) is 0 Å². The van der Waals surface area contributed by atoms with Crippen molar-refractivity contribution in [1.82, 2.24) is 5.32 Å². The van der Waals surface area contributed by atoms with E-state index in [1.807, 2.05) is 12.2 Å². The second kappa shape index (κ2) is 6.73. The van der Waals surface area contributed by atoms with E-state index >= 15 is 0 Å². The molecule has 1 aliphatic heterocycles. The quantitative estimate of drug-likeness (QED) is 0.545. The molecule has 0 aromatic heterocycles. The van der Waals surface area contributed by atoms with Gasteiger partial charge in [-0.05, 0) is 12.8 Å². The summed E-state index contributed by atoms with van der Waals surface area (Å²) >= 11 is 0. The van der Waals surface area contributed by atoms with Crippen LogP contribution in [0.2, 0.25) is 0 Å². The van der Waals surface area contributed by atoms with Crippen LogP contribution in [0.3, 0.4) is 0 Å². The number of nitrogens with one attached hydrogen (secondary N) is 1. The maximum absolute atomic E-state index is 10.8. The van der Waals surface area contributed by atoms with Gasteiger partial charge in [-0.1, -0.05) is 24.3 Å². The van der Waals surface area contributed by atoms with E-state index in [1.165, 1.54) is 7.11 Å². The van der Waals surface area contributed by atoms with E-state index in [-0.39, 0.29) is 42.2 Å². The number of esters is 1. The standard InChI is InChI=1S/C7H11NO2.C6H7NO.ClH/c1-10-7(9)5-2-3-6(8)4-5;8-6-4-1-2-5(3-4)7-6;/h2-3,5-6H,4,8H2,1H3;1-2,4-5H,3H2,(H,7,8);1H/t5-,6+;4-,5+;/m00./s1. The van der Waals surface area contributed by atoms with Gasteiger partial charge in [0.1, 0.15) is 0 Å². The van der Waals surface area contributed by atoms with Gasteiger partial charge in [-0.15, -0.1) is 12.4 Å². The zero-order chi connectivity index (χ0) is 13.1. The van der Waals surface area contributed by atoms with Crippen LogP contribution in [0.15, 0.2) is 24.3 Å². The van der Waals surface area contributed by atoms with Crippen LogP contribution in [-0.2, 0) is 14.3 Å². The fourth-order valence-corrected chi connectivity index (χ4v) is 2.34. The third-order valence-electron chi connectivity index (χ3n) is 3.37. The predicted octanol–water partition coefficient (Wildman–Crippen LogP) is 0.546. The number of ether oxygens (including phenoxy) is 1. The van der Waals surface area contributed by atoms with E-state index in [0.29, 0.717) is 12.5 Å². The maximum Gasteiger partial charge on any atom is 0.312 e. The van der Waals surface area contributed by atoms with E-state index in [9.17, 15) is 9.59 Å². The lowest BCUT2D eigenvalue weighted by Gasteiger charge is -2.04. The molecule has 5 nitrogen and oxygen atoms in total. The van der Waals surface area contributed by atoms with Crippen molar-refractivity contribution in [3.05, 3.63) is 24.3 Å². The summed E-state index contributed by atoms with van der Waals surface area (Å²) in [7, 11) is 1.39. The lowest BCUT2D eigenvalue weighted by atomic mass is 10.1. The van der Waals surface area contributed by atoms with Crippen molar-refractivity contribution < 1.29 is 14.3 Å². The molecule has 1 saturated heterocycles. The lowest BCUT2D eigenvalue weighted by molar-refractivity contribution is -0.143. The second-order valence-electron chi connectivity index (χ2n) is 4.76. The van der Waals surface area contributed by atoms with Gasteiger partial charge in [0.25, 0.3) is 0 Å². The summed E-state index contributed by atoms with van der Waals surface area (Å²) in [5.74, 6) is 0.113. The molecule has 3 rings (SSSR count). The van der Waals surface area contributed by atoms with Crippen molar-refractivity contribution >= 4 is 24.3 Å². The zero-order valence-corrected chi connectivity index (χ0v) is 11.6. The summed E-state index contributed by atoms with van der Waals surface area (Å²) in [6.45, 7) is 0. The molecule has 0 unspecified atom stereocenters. The largest absolute Gasteiger partial charge is 0.469 e. The smallest absolute Gasteiger partial charge is 0.312 e. The minimum Gasteiger partial charge on any atom is -0.469 e. The molecule has 2 bridgehead atoms. The molecular weight excluding hydrogens is 268 g/mol. The van der Waals surface area contributed by atoms with E-state index in [2.05, 4.69) is 16.1 Å². The average molecular weight is 287 g/mol. The molecule has 1 amide bonds. The van der Waals surface area contributed by atoms with Crippen LogP contribution in [0, 0.1) is 11.8 Å². The van der Waals surface area contributed by atoms with Crippen LogP contribution >= 0.6 is 12.4 Å². The Bertz CT molecular complexity index is 409. The molecule has 2 aliphatic carbocycles. The number of fused-ring (bicyclic) bond motifs is 2. The number of nitrogens with two attached hydrogens (primary N) is 1. The zero-order valence-electron chi connectivity index (χ0n) is 10.7. The Hall–Kier alpha value is -1.33. The van der Waals surface area contributed by atoms with Gasteiger partial charge in [-0.3, -0.25) is 9.59 Å². The molecule has 106 valence electrons. The van der Waals surface area contributed by atoms with Gasteiger partial charge < -0.3 is 15.8 Å². The summed E-state index contributed by atoms with van der Waals surface area (Å²) in [4.78, 5) is 21.5. The van der Waals surface area contributed by atoms with Crippen molar-refractivity contribution in [2.45, 2.75) is 24.9 Å². The number of hydrogen-bond acceptors (Lipinski definition) is 4. The topological polar surface area (TPSA) is 81.4 Å². The number of carbonyl (C=O) groups excluding carboxylic acids is 2. The Balaban J connectivity index is 0.000000183. The summed E-state index contributed by atoms with van der Waals surface area (Å²) in [5, 5.41) is 2.83. The number of carbonyl (C=O) groups is 2. The Morgan fingerprint density at radius 1 is 1.32 bits per heavy atom. The molecule has 0 aromatic carbocycles. The van der Waals surface area contributed by atoms with Gasteiger partial charge in [0.2, 0.25) is 5.91 Å². The molecule has 6 heteroatoms. The van der Waals surface area contributed by atoms with E-state index in [0.717, 1.165) is 6.42 Å². The highest BCUT2D eigenvalue weighted by atomic mass is 35.5. The predicted molar refractivity (Wildman–Crippen MR) is 73.7 cm³/mol. The molecule has 4 atom stereocenters. The Kier molecular flexibility index (Phi) is 5.57. The molecule has 0 spiro atoms. The first-order valence-corrected chi connectivity index (χ1v) is 6.10. The average Bonchev–Trinajstić information content (AvgIpc) is 3.05. The number of rotatable bonds is 1. The Morgan fingerprint density at radius 2 is 2.05 bits per heavy atom. The van der Waals surface area contributed by atoms with E-state index < -0.39 is 0 Å². The van der Waals surface area contributed by atoms with Crippen molar-refractivity contribution in [2.75, 3.05) is 7.11 Å². The van der Waals surface area contributed by atoms with E-state index in [1.54, 1.807) is 6.08 Å². The van der Waals surface area contributed by atoms with Gasteiger partial charge >= 0.3 is 5.97 Å². The number of methoxy groups -OCH3 is 1. The lowest BCUT2D eigenvalue weighted by Crippen LogP contribution is -2.26. The molecular formula is C13H19ClN2O3. The Labute approximate surface area is 118 Å². The minimum atomic E-state index is -0.191. The van der Waals surface area contributed by atoms with E-state index in [4.69, 9.17) is 5.73 Å². The first kappa shape index (κ1) is 15.7. The van der Waals surface area contributed by atoms with Gasteiger partial charge in [0.15, 0.2) is 0 Å². The molecule has 19 heavy (non-hydrogen) atoms. The minimum absolute atomic E-state index is 0. The molecule has 0 aromatic rings. The van der Waals surface area contributed by atoms with Crippen LogP contribution in [0.1, 0.15) is 12.8 Å². The second-order valence-corrected chi connectivity index (χ2v) is 4.76. The highest BCUT2D eigenvalue weighted by molar-refractivity contribution is 5.85. The number of hydrogen-bond donors (Lipinski definition) is 2. The first-order valence-electron chi connectivity index (χ1n) is 6.10. The molecule has 1 fully saturated rings. The van der Waals surface area contributed by atoms with Crippen LogP contribution in [-0.4, -0.2) is 31.1 Å². The molecule has 3 aliphatic rings. The summed E-state index contributed by atoms with van der Waals surface area (Å²) in [5.41, 5.74) is 5.52. The SMILES string of the molecule is COC(=O)[C@H]1C=C[C@@H](N)C1.Cl.O=C1N[C@@H]2C=C[C@H]1C2. The first-order chi connectivity index (χ1) is 8.60. The summed E-state index contributed by atoms with van der Waals surface area (Å²) in [6.07, 6.45) is 9.37. The van der Waals surface area contributed by atoms with Crippen LogP contribution in [0.4, 0.5) is 0 Å². The van der Waals surface area contributed by atoms with Gasteiger partial charge in [0, 0.05) is 12.1 Å². The van der Waals surface area contributed by atoms with Crippen molar-refractivity contribution in [3.8, 4) is 0 Å². The molecule has 1 heterocycles. The normalized spacial score (nSPS) is 33.3. The van der Waals surface area contributed by atoms with Gasteiger partial charge in [-0.2, -0.15) is 0 Å². The highest BCUT2D eigenvalue weighted by Gasteiger charge is 2.32. The molecule has 0 radical (unpaired) electrons. The van der Waals surface area contributed by atoms with Crippen molar-refractivity contribution in [2.24, 2.45) is 17.6 Å².